The maximum atomic E-state index is 13.7. The monoisotopic (exact) mass is 748 g/mol. The van der Waals surface area contributed by atoms with Gasteiger partial charge in [0.15, 0.2) is 11.6 Å². The quantitative estimate of drug-likeness (QED) is 0.126. The second-order valence-corrected chi connectivity index (χ2v) is 15.9. The number of H-pyrrole nitrogens is 2. The molecule has 53 heavy (non-hydrogen) atoms. The van der Waals surface area contributed by atoms with E-state index in [2.05, 4.69) is 58.3 Å². The zero-order chi connectivity index (χ0) is 37.5. The molecule has 270 valence electrons. The minimum Gasteiger partial charge on any atom is -0.356 e. The topological polar surface area (TPSA) is 116 Å². The molecule has 6 aromatic rings. The van der Waals surface area contributed by atoms with Crippen LogP contribution >= 0.6 is 23.2 Å². The predicted octanol–water partition coefficient (Wildman–Crippen LogP) is 11.4. The standard InChI is InChI=1S/C21H19Cl2N3O.C21H20FN3O/c1-21(2)10-14-16(15(27)11-21)19(25-12-6-4-3-5-7-12)18(26-14)13-8-9-24-20(23)17(13)22;1-21(2)11-15-18(16(26)12-21)20(24-14-6-4-3-5-7-14)19(25-15)13-8-9-23-17(22)10-13/h3-9,25-26H,10-11H2,1-2H3;3-10,24-25H,11-12H2,1-2H3. The van der Waals surface area contributed by atoms with E-state index >= 15 is 0 Å². The highest BCUT2D eigenvalue weighted by Gasteiger charge is 2.37. The van der Waals surface area contributed by atoms with Crippen molar-refractivity contribution in [2.45, 2.75) is 53.4 Å². The van der Waals surface area contributed by atoms with Crippen LogP contribution in [-0.2, 0) is 12.8 Å². The summed E-state index contributed by atoms with van der Waals surface area (Å²) in [5, 5.41) is 7.37. The van der Waals surface area contributed by atoms with Crippen molar-refractivity contribution in [2.75, 3.05) is 10.6 Å². The lowest BCUT2D eigenvalue weighted by Crippen LogP contribution is -2.26. The van der Waals surface area contributed by atoms with E-state index in [1.54, 1.807) is 18.3 Å². The van der Waals surface area contributed by atoms with Gasteiger partial charge in [0.1, 0.15) is 5.15 Å². The number of para-hydroxylation sites is 2. The number of aromatic amines is 2. The van der Waals surface area contributed by atoms with Crippen LogP contribution in [0.25, 0.3) is 22.5 Å². The summed E-state index contributed by atoms with van der Waals surface area (Å²) in [6.07, 6.45) is 5.60. The molecule has 0 amide bonds. The van der Waals surface area contributed by atoms with Gasteiger partial charge in [0.2, 0.25) is 5.95 Å². The molecule has 4 aromatic heterocycles. The van der Waals surface area contributed by atoms with Crippen LogP contribution in [0.2, 0.25) is 10.2 Å². The van der Waals surface area contributed by atoms with Crippen molar-refractivity contribution in [2.24, 2.45) is 10.8 Å². The number of ketones is 2. The number of pyridine rings is 2. The Hall–Kier alpha value is -5.25. The summed E-state index contributed by atoms with van der Waals surface area (Å²) in [4.78, 5) is 40.3. The van der Waals surface area contributed by atoms with Crippen LogP contribution in [0.4, 0.5) is 27.1 Å². The second kappa shape index (κ2) is 14.3. The van der Waals surface area contributed by atoms with Crippen molar-refractivity contribution in [3.63, 3.8) is 0 Å². The van der Waals surface area contributed by atoms with Gasteiger partial charge in [-0.1, -0.05) is 87.3 Å². The number of carbonyl (C=O) groups is 2. The molecule has 0 radical (unpaired) electrons. The smallest absolute Gasteiger partial charge is 0.213 e. The van der Waals surface area contributed by atoms with E-state index in [4.69, 9.17) is 23.2 Å². The summed E-state index contributed by atoms with van der Waals surface area (Å²) in [5.74, 6) is -0.322. The van der Waals surface area contributed by atoms with Crippen molar-refractivity contribution in [1.82, 2.24) is 19.9 Å². The van der Waals surface area contributed by atoms with Gasteiger partial charge in [-0.3, -0.25) is 9.59 Å². The number of hydrogen-bond acceptors (Lipinski definition) is 6. The zero-order valence-corrected chi connectivity index (χ0v) is 31.3. The predicted molar refractivity (Wildman–Crippen MR) is 210 cm³/mol. The molecule has 2 aliphatic rings. The Bertz CT molecular complexity index is 2330. The number of halogens is 3. The Morgan fingerprint density at radius 2 is 1.15 bits per heavy atom. The summed E-state index contributed by atoms with van der Waals surface area (Å²) in [5.41, 5.74) is 9.09. The average molecular weight is 750 g/mol. The fourth-order valence-corrected chi connectivity index (χ4v) is 7.65. The first-order valence-corrected chi connectivity index (χ1v) is 18.2. The summed E-state index contributed by atoms with van der Waals surface area (Å²) in [6.45, 7) is 8.39. The van der Waals surface area contributed by atoms with Crippen LogP contribution < -0.4 is 10.6 Å². The van der Waals surface area contributed by atoms with Gasteiger partial charge >= 0.3 is 0 Å². The molecule has 0 fully saturated rings. The van der Waals surface area contributed by atoms with E-state index < -0.39 is 5.95 Å². The van der Waals surface area contributed by atoms with Crippen molar-refractivity contribution >= 4 is 57.5 Å². The van der Waals surface area contributed by atoms with Crippen molar-refractivity contribution in [1.29, 1.82) is 0 Å². The van der Waals surface area contributed by atoms with E-state index in [1.807, 2.05) is 60.7 Å². The molecule has 2 aromatic carbocycles. The number of benzene rings is 2. The molecule has 4 N–H and O–H groups in total. The highest BCUT2D eigenvalue weighted by molar-refractivity contribution is 6.43. The summed E-state index contributed by atoms with van der Waals surface area (Å²) >= 11 is 12.6. The number of nitrogens with one attached hydrogen (secondary N) is 4. The van der Waals surface area contributed by atoms with Crippen molar-refractivity contribution in [3.8, 4) is 22.5 Å². The number of fused-ring (bicyclic) bond motifs is 2. The van der Waals surface area contributed by atoms with Gasteiger partial charge in [-0.15, -0.1) is 0 Å². The third-order valence-corrected chi connectivity index (χ3v) is 10.3. The van der Waals surface area contributed by atoms with Crippen LogP contribution in [-0.4, -0.2) is 31.5 Å². The summed E-state index contributed by atoms with van der Waals surface area (Å²) in [6, 6.07) is 24.4. The van der Waals surface area contributed by atoms with Crippen LogP contribution in [0, 0.1) is 16.8 Å². The lowest BCUT2D eigenvalue weighted by atomic mass is 9.76. The molecule has 0 saturated carbocycles. The summed E-state index contributed by atoms with van der Waals surface area (Å²) < 4.78 is 13.7. The van der Waals surface area contributed by atoms with Crippen LogP contribution in [0.5, 0.6) is 0 Å². The number of nitrogens with zero attached hydrogens (tertiary/aromatic N) is 2. The number of anilines is 4. The van der Waals surface area contributed by atoms with Crippen LogP contribution in [0.15, 0.2) is 91.3 Å². The number of Topliss-reactive ketones (excluding diaryl/α,β-unsaturated/α-hetero) is 2. The number of carbonyl (C=O) groups excluding carboxylic acids is 2. The molecular weight excluding hydrogens is 710 g/mol. The van der Waals surface area contributed by atoms with Gasteiger partial charge in [-0.2, -0.15) is 4.39 Å². The SMILES string of the molecule is CC1(C)CC(=O)c2c([nH]c(-c3ccnc(Cl)c3Cl)c2Nc2ccccc2)C1.CC1(C)CC(=O)c2c([nH]c(-c3ccnc(F)c3)c2Nc2ccccc2)C1. The molecule has 0 bridgehead atoms. The minimum absolute atomic E-state index is 0.0874. The molecule has 8 nitrogen and oxygen atoms in total. The molecule has 0 unspecified atom stereocenters. The largest absolute Gasteiger partial charge is 0.356 e. The molecular formula is C42H39Cl2FN6O2. The normalized spacial score (nSPS) is 15.5. The molecule has 0 spiro atoms. The second-order valence-electron chi connectivity index (χ2n) is 15.2. The zero-order valence-electron chi connectivity index (χ0n) is 29.8. The molecule has 8 rings (SSSR count). The van der Waals surface area contributed by atoms with E-state index in [-0.39, 0.29) is 27.5 Å². The molecule has 0 atom stereocenters. The minimum atomic E-state index is -0.549. The lowest BCUT2D eigenvalue weighted by molar-refractivity contribution is 0.0903. The lowest BCUT2D eigenvalue weighted by Gasteiger charge is -2.28. The Balaban J connectivity index is 0.000000164. The number of hydrogen-bond donors (Lipinski definition) is 4. The van der Waals surface area contributed by atoms with Gasteiger partial charge in [-0.25, -0.2) is 9.97 Å². The van der Waals surface area contributed by atoms with Gasteiger partial charge in [0.25, 0.3) is 0 Å². The maximum absolute atomic E-state index is 13.7. The molecule has 0 aliphatic heterocycles. The van der Waals surface area contributed by atoms with Crippen LogP contribution in [0.1, 0.15) is 72.6 Å². The highest BCUT2D eigenvalue weighted by atomic mass is 35.5. The van der Waals surface area contributed by atoms with Crippen molar-refractivity contribution < 1.29 is 14.0 Å². The fraction of sp³-hybridized carbons (Fsp3) is 0.238. The fourth-order valence-electron chi connectivity index (χ4n) is 7.28. The maximum Gasteiger partial charge on any atom is 0.213 e. The number of rotatable bonds is 6. The van der Waals surface area contributed by atoms with Crippen LogP contribution in [0.3, 0.4) is 0 Å². The van der Waals surface area contributed by atoms with Gasteiger partial charge in [0, 0.05) is 65.2 Å². The van der Waals surface area contributed by atoms with E-state index in [0.717, 1.165) is 52.5 Å². The molecule has 0 saturated heterocycles. The molecule has 11 heteroatoms. The van der Waals surface area contributed by atoms with Gasteiger partial charge < -0.3 is 20.6 Å². The highest BCUT2D eigenvalue weighted by Crippen LogP contribution is 2.46. The Morgan fingerprint density at radius 1 is 0.660 bits per heavy atom. The number of aromatic nitrogens is 4. The van der Waals surface area contributed by atoms with Gasteiger partial charge in [-0.05, 0) is 60.1 Å². The Kier molecular flexibility index (Phi) is 9.74. The molecule has 4 heterocycles. The third kappa shape index (κ3) is 7.63. The first kappa shape index (κ1) is 36.1. The van der Waals surface area contributed by atoms with E-state index in [1.165, 1.54) is 12.3 Å². The Morgan fingerprint density at radius 3 is 1.68 bits per heavy atom. The first-order valence-electron chi connectivity index (χ1n) is 17.4. The molecule has 2 aliphatic carbocycles. The summed E-state index contributed by atoms with van der Waals surface area (Å²) in [7, 11) is 0. The third-order valence-electron chi connectivity index (χ3n) is 9.52. The average Bonchev–Trinajstić information content (AvgIpc) is 3.63. The Labute approximate surface area is 317 Å². The van der Waals surface area contributed by atoms with E-state index in [0.29, 0.717) is 45.9 Å². The van der Waals surface area contributed by atoms with Gasteiger partial charge in [0.05, 0.1) is 38.9 Å². The van der Waals surface area contributed by atoms with Crippen molar-refractivity contribution in [3.05, 3.63) is 130 Å². The first-order chi connectivity index (χ1) is 25.3. The van der Waals surface area contributed by atoms with E-state index in [9.17, 15) is 14.0 Å².